The molecule has 0 amide bonds. The molecule has 0 N–H and O–H groups in total. The molecule has 0 aliphatic heterocycles. The highest BCUT2D eigenvalue weighted by Crippen LogP contribution is 2.45. The largest absolute Gasteiger partial charge is 0.491 e. The van der Waals surface area contributed by atoms with Crippen LogP contribution in [0.25, 0.3) is 0 Å². The van der Waals surface area contributed by atoms with Crippen LogP contribution in [0.3, 0.4) is 0 Å². The molecular formula is C46H74O6. The van der Waals surface area contributed by atoms with Gasteiger partial charge in [-0.1, -0.05) is 80.0 Å². The predicted octanol–water partition coefficient (Wildman–Crippen LogP) is 11.6. The Kier molecular flexibility index (Phi) is 15.8. The lowest BCUT2D eigenvalue weighted by Crippen LogP contribution is -2.37. The van der Waals surface area contributed by atoms with Crippen molar-refractivity contribution in [2.24, 2.45) is 22.7 Å². The summed E-state index contributed by atoms with van der Waals surface area (Å²) in [5.74, 6) is 3.92. The summed E-state index contributed by atoms with van der Waals surface area (Å²) in [4.78, 5) is 0. The Labute approximate surface area is 318 Å². The van der Waals surface area contributed by atoms with Gasteiger partial charge >= 0.3 is 0 Å². The SMILES string of the molecule is CC(C)(CCC(C)(C)C1CCCC(OC2CCC(C(C)(C)C)CC2)C1)OCCOCCOc1cccc(OCCOc2ccc(C(C)(C)C)cc2)c1. The van der Waals surface area contributed by atoms with E-state index in [1.165, 1.54) is 56.9 Å². The molecule has 4 rings (SSSR count). The third-order valence-electron chi connectivity index (χ3n) is 11.8. The number of benzene rings is 2. The number of rotatable bonds is 19. The predicted molar refractivity (Wildman–Crippen MR) is 214 cm³/mol. The lowest BCUT2D eigenvalue weighted by molar-refractivity contribution is -0.0817. The zero-order chi connectivity index (χ0) is 37.8. The molecule has 2 aliphatic carbocycles. The average Bonchev–Trinajstić information content (AvgIpc) is 3.09. The molecule has 294 valence electrons. The zero-order valence-electron chi connectivity index (χ0n) is 34.7. The summed E-state index contributed by atoms with van der Waals surface area (Å²) in [6, 6.07) is 16.0. The van der Waals surface area contributed by atoms with Crippen molar-refractivity contribution in [1.29, 1.82) is 0 Å². The maximum atomic E-state index is 6.77. The highest BCUT2D eigenvalue weighted by Gasteiger charge is 2.37. The minimum Gasteiger partial charge on any atom is -0.491 e. The molecule has 2 saturated carbocycles. The van der Waals surface area contributed by atoms with Gasteiger partial charge in [0.15, 0.2) is 0 Å². The summed E-state index contributed by atoms with van der Waals surface area (Å²) < 4.78 is 36.6. The maximum absolute atomic E-state index is 6.77. The molecule has 2 aromatic rings. The van der Waals surface area contributed by atoms with Crippen LogP contribution in [-0.2, 0) is 19.6 Å². The highest BCUT2D eigenvalue weighted by molar-refractivity contribution is 5.33. The third-order valence-corrected chi connectivity index (χ3v) is 11.8. The first-order valence-electron chi connectivity index (χ1n) is 20.5. The summed E-state index contributed by atoms with van der Waals surface area (Å²) in [6.07, 6.45) is 13.3. The van der Waals surface area contributed by atoms with Crippen LogP contribution in [0.15, 0.2) is 48.5 Å². The topological polar surface area (TPSA) is 55.4 Å². The van der Waals surface area contributed by atoms with Gasteiger partial charge in [-0.05, 0) is 130 Å². The second kappa shape index (κ2) is 19.4. The molecule has 0 spiro atoms. The lowest BCUT2D eigenvalue weighted by Gasteiger charge is -2.43. The standard InChI is InChI=1S/C46H74O6/c1-43(2,3)35-17-21-38(22-18-35)48-30-31-50-41-15-12-14-40(34-41)49-29-27-47-28-32-51-46(9,10)26-25-45(7,8)37-13-11-16-42(33-37)52-39-23-19-36(20-24-39)44(4,5)6/h12,14-15,17-18,21-22,34,36-37,39,42H,11,13,16,19-20,23-33H2,1-10H3. The molecule has 2 fully saturated rings. The summed E-state index contributed by atoms with van der Waals surface area (Å²) in [6.45, 7) is 26.2. The molecule has 0 bridgehead atoms. The van der Waals surface area contributed by atoms with Gasteiger partial charge in [-0.15, -0.1) is 0 Å². The first-order chi connectivity index (χ1) is 24.5. The van der Waals surface area contributed by atoms with E-state index in [4.69, 9.17) is 28.4 Å². The second-order valence-corrected chi connectivity index (χ2v) is 19.0. The van der Waals surface area contributed by atoms with E-state index in [-0.39, 0.29) is 16.4 Å². The first-order valence-corrected chi connectivity index (χ1v) is 20.5. The maximum Gasteiger partial charge on any atom is 0.123 e. The number of hydrogen-bond donors (Lipinski definition) is 0. The van der Waals surface area contributed by atoms with Gasteiger partial charge in [0.1, 0.15) is 37.1 Å². The average molecular weight is 723 g/mol. The van der Waals surface area contributed by atoms with Crippen molar-refractivity contribution < 1.29 is 28.4 Å². The van der Waals surface area contributed by atoms with Crippen LogP contribution in [0, 0.1) is 22.7 Å². The molecule has 2 unspecified atom stereocenters. The quantitative estimate of drug-likeness (QED) is 0.135. The van der Waals surface area contributed by atoms with Crippen molar-refractivity contribution in [2.45, 2.75) is 157 Å². The number of ether oxygens (including phenoxy) is 6. The Morgan fingerprint density at radius 1 is 0.558 bits per heavy atom. The van der Waals surface area contributed by atoms with Gasteiger partial charge in [-0.2, -0.15) is 0 Å². The molecule has 6 heteroatoms. The van der Waals surface area contributed by atoms with E-state index in [2.05, 4.69) is 81.4 Å². The molecule has 6 nitrogen and oxygen atoms in total. The van der Waals surface area contributed by atoms with Crippen LogP contribution in [0.1, 0.15) is 139 Å². The van der Waals surface area contributed by atoms with Gasteiger partial charge in [0.25, 0.3) is 0 Å². The fraction of sp³-hybridized carbons (Fsp3) is 0.739. The monoisotopic (exact) mass is 723 g/mol. The van der Waals surface area contributed by atoms with Crippen LogP contribution in [-0.4, -0.2) is 57.5 Å². The van der Waals surface area contributed by atoms with Crippen LogP contribution >= 0.6 is 0 Å². The fourth-order valence-electron chi connectivity index (χ4n) is 7.94. The summed E-state index contributed by atoms with van der Waals surface area (Å²) in [7, 11) is 0. The molecule has 0 saturated heterocycles. The van der Waals surface area contributed by atoms with Crippen molar-refractivity contribution in [3.05, 3.63) is 54.1 Å². The Morgan fingerprint density at radius 2 is 1.15 bits per heavy atom. The van der Waals surface area contributed by atoms with Gasteiger partial charge in [0, 0.05) is 6.07 Å². The van der Waals surface area contributed by atoms with E-state index in [1.807, 2.05) is 36.4 Å². The minimum atomic E-state index is -0.185. The fourth-order valence-corrected chi connectivity index (χ4v) is 7.94. The van der Waals surface area contributed by atoms with E-state index in [1.54, 1.807) is 0 Å². The van der Waals surface area contributed by atoms with E-state index < -0.39 is 0 Å². The highest BCUT2D eigenvalue weighted by atomic mass is 16.6. The molecular weight excluding hydrogens is 648 g/mol. The Balaban J connectivity index is 1.05. The van der Waals surface area contributed by atoms with E-state index in [9.17, 15) is 0 Å². The van der Waals surface area contributed by atoms with Gasteiger partial charge < -0.3 is 28.4 Å². The molecule has 0 heterocycles. The van der Waals surface area contributed by atoms with Crippen LogP contribution in [0.2, 0.25) is 0 Å². The van der Waals surface area contributed by atoms with Gasteiger partial charge in [-0.25, -0.2) is 0 Å². The normalized spacial score (nSPS) is 21.9. The molecule has 2 atom stereocenters. The van der Waals surface area contributed by atoms with E-state index >= 15 is 0 Å². The van der Waals surface area contributed by atoms with E-state index in [0.717, 1.165) is 36.0 Å². The van der Waals surface area contributed by atoms with Crippen LogP contribution < -0.4 is 14.2 Å². The first kappa shape index (κ1) is 42.5. The molecule has 0 aromatic heterocycles. The van der Waals surface area contributed by atoms with Crippen molar-refractivity contribution in [3.8, 4) is 17.2 Å². The molecule has 2 aromatic carbocycles. The van der Waals surface area contributed by atoms with Crippen molar-refractivity contribution >= 4 is 0 Å². The summed E-state index contributed by atoms with van der Waals surface area (Å²) in [5.41, 5.74) is 1.93. The molecule has 0 radical (unpaired) electrons. The summed E-state index contributed by atoms with van der Waals surface area (Å²) in [5, 5.41) is 0. The molecule has 2 aliphatic rings. The van der Waals surface area contributed by atoms with Crippen LogP contribution in [0.4, 0.5) is 0 Å². The second-order valence-electron chi connectivity index (χ2n) is 19.0. The lowest BCUT2D eigenvalue weighted by atomic mass is 9.67. The smallest absolute Gasteiger partial charge is 0.123 e. The Morgan fingerprint density at radius 3 is 1.77 bits per heavy atom. The van der Waals surface area contributed by atoms with Gasteiger partial charge in [-0.3, -0.25) is 0 Å². The Bertz CT molecular complexity index is 1300. The van der Waals surface area contributed by atoms with Gasteiger partial charge in [0.05, 0.1) is 37.6 Å². The summed E-state index contributed by atoms with van der Waals surface area (Å²) >= 11 is 0. The van der Waals surface area contributed by atoms with Crippen molar-refractivity contribution in [3.63, 3.8) is 0 Å². The minimum absolute atomic E-state index is 0.130. The van der Waals surface area contributed by atoms with Gasteiger partial charge in [0.2, 0.25) is 0 Å². The number of hydrogen-bond acceptors (Lipinski definition) is 6. The third kappa shape index (κ3) is 14.5. The zero-order valence-corrected chi connectivity index (χ0v) is 34.7. The Hall–Kier alpha value is -2.28. The van der Waals surface area contributed by atoms with Crippen molar-refractivity contribution in [1.82, 2.24) is 0 Å². The molecule has 52 heavy (non-hydrogen) atoms. The van der Waals surface area contributed by atoms with Crippen molar-refractivity contribution in [2.75, 3.05) is 39.6 Å². The van der Waals surface area contributed by atoms with Crippen LogP contribution in [0.5, 0.6) is 17.2 Å². The van der Waals surface area contributed by atoms with E-state index in [0.29, 0.717) is 63.2 Å².